The molecule has 2 aromatic carbocycles. The normalized spacial score (nSPS) is 17.1. The van der Waals surface area contributed by atoms with Gasteiger partial charge in [-0.25, -0.2) is 0 Å². The van der Waals surface area contributed by atoms with E-state index in [1.165, 1.54) is 11.1 Å². The fourth-order valence-corrected chi connectivity index (χ4v) is 3.20. The van der Waals surface area contributed by atoms with Crippen molar-refractivity contribution in [3.63, 3.8) is 0 Å². The molecule has 0 aliphatic heterocycles. The van der Waals surface area contributed by atoms with Crippen LogP contribution in [0.3, 0.4) is 0 Å². The molecule has 0 saturated heterocycles. The maximum Gasteiger partial charge on any atom is 0.163 e. The van der Waals surface area contributed by atoms with Crippen molar-refractivity contribution < 1.29 is 9.53 Å². The highest BCUT2D eigenvalue weighted by atomic mass is 16.5. The highest BCUT2D eigenvalue weighted by Gasteiger charge is 2.23. The van der Waals surface area contributed by atoms with Crippen molar-refractivity contribution in [2.45, 2.75) is 31.6 Å². The number of ether oxygens (including phenoxy) is 1. The summed E-state index contributed by atoms with van der Waals surface area (Å²) in [7, 11) is 1.70. The van der Waals surface area contributed by atoms with Gasteiger partial charge >= 0.3 is 0 Å². The smallest absolute Gasteiger partial charge is 0.163 e. The van der Waals surface area contributed by atoms with E-state index >= 15 is 0 Å². The topological polar surface area (TPSA) is 26.3 Å². The van der Waals surface area contributed by atoms with Gasteiger partial charge in [0, 0.05) is 12.0 Å². The van der Waals surface area contributed by atoms with Crippen molar-refractivity contribution in [2.24, 2.45) is 0 Å². The number of hydrogen-bond donors (Lipinski definition) is 0. The highest BCUT2D eigenvalue weighted by molar-refractivity contribution is 5.96. The number of aryl methyl sites for hydroxylation is 1. The lowest BCUT2D eigenvalue weighted by Gasteiger charge is -2.25. The number of fused-ring (bicyclic) bond motifs is 1. The van der Waals surface area contributed by atoms with Crippen LogP contribution in [0.5, 0.6) is 5.75 Å². The third-order valence-corrected chi connectivity index (χ3v) is 4.32. The minimum absolute atomic E-state index is 0.240. The Bertz CT molecular complexity index is 631. The van der Waals surface area contributed by atoms with Gasteiger partial charge in [0.2, 0.25) is 0 Å². The Morgan fingerprint density at radius 2 is 2.00 bits per heavy atom. The molecule has 0 spiro atoms. The van der Waals surface area contributed by atoms with Gasteiger partial charge in [-0.3, -0.25) is 4.79 Å². The summed E-state index contributed by atoms with van der Waals surface area (Å²) in [6.45, 7) is 0. The van der Waals surface area contributed by atoms with Gasteiger partial charge in [-0.2, -0.15) is 0 Å². The number of ketones is 1. The van der Waals surface area contributed by atoms with E-state index in [1.807, 2.05) is 36.4 Å². The van der Waals surface area contributed by atoms with Crippen molar-refractivity contribution in [2.75, 3.05) is 7.11 Å². The monoisotopic (exact) mass is 280 g/mol. The van der Waals surface area contributed by atoms with E-state index in [2.05, 4.69) is 12.1 Å². The standard InChI is InChI=1S/C19H20O2/c1-21-17-10-11-18-15(12-17)8-5-9-16(18)13-19(20)14-6-3-2-4-7-14/h2-4,6-7,10-12,16H,5,8-9,13H2,1H3. The number of benzene rings is 2. The molecule has 1 aliphatic carbocycles. The summed E-state index contributed by atoms with van der Waals surface area (Å²) in [4.78, 5) is 12.4. The molecule has 0 fully saturated rings. The number of carbonyl (C=O) groups is 1. The first kappa shape index (κ1) is 13.9. The van der Waals surface area contributed by atoms with Crippen molar-refractivity contribution >= 4 is 5.78 Å². The Labute approximate surface area is 125 Å². The molecule has 3 rings (SSSR count). The lowest BCUT2D eigenvalue weighted by Crippen LogP contribution is -2.14. The maximum atomic E-state index is 12.4. The zero-order valence-corrected chi connectivity index (χ0v) is 12.3. The van der Waals surface area contributed by atoms with E-state index in [9.17, 15) is 4.79 Å². The number of methoxy groups -OCH3 is 1. The Hall–Kier alpha value is -2.09. The molecule has 0 radical (unpaired) electrons. The molecule has 1 unspecified atom stereocenters. The summed E-state index contributed by atoms with van der Waals surface area (Å²) < 4.78 is 5.30. The lowest BCUT2D eigenvalue weighted by molar-refractivity contribution is 0.0971. The van der Waals surface area contributed by atoms with E-state index in [4.69, 9.17) is 4.74 Å². The molecule has 0 saturated carbocycles. The Morgan fingerprint density at radius 3 is 2.76 bits per heavy atom. The van der Waals surface area contributed by atoms with Gasteiger partial charge in [-0.1, -0.05) is 36.4 Å². The largest absolute Gasteiger partial charge is 0.497 e. The van der Waals surface area contributed by atoms with Crippen molar-refractivity contribution in [1.29, 1.82) is 0 Å². The van der Waals surface area contributed by atoms with Gasteiger partial charge in [0.05, 0.1) is 7.11 Å². The fraction of sp³-hybridized carbons (Fsp3) is 0.316. The van der Waals surface area contributed by atoms with Crippen LogP contribution < -0.4 is 4.74 Å². The summed E-state index contributed by atoms with van der Waals surface area (Å²) in [6.07, 6.45) is 3.93. The lowest BCUT2D eigenvalue weighted by atomic mass is 9.79. The first-order valence-electron chi connectivity index (χ1n) is 7.53. The Morgan fingerprint density at radius 1 is 1.19 bits per heavy atom. The summed E-state index contributed by atoms with van der Waals surface area (Å²) in [6, 6.07) is 15.9. The van der Waals surface area contributed by atoms with Crippen LogP contribution in [0, 0.1) is 0 Å². The van der Waals surface area contributed by atoms with Gasteiger partial charge in [-0.15, -0.1) is 0 Å². The first-order chi connectivity index (χ1) is 10.3. The summed E-state index contributed by atoms with van der Waals surface area (Å²) in [5, 5.41) is 0. The van der Waals surface area contributed by atoms with E-state index in [-0.39, 0.29) is 5.78 Å². The molecule has 0 amide bonds. The predicted molar refractivity (Wildman–Crippen MR) is 84.1 cm³/mol. The average molecular weight is 280 g/mol. The SMILES string of the molecule is COc1ccc2c(c1)CCCC2CC(=O)c1ccccc1. The minimum atomic E-state index is 0.240. The number of Topliss-reactive ketones (excluding diaryl/α,β-unsaturated/α-hetero) is 1. The van der Waals surface area contributed by atoms with Crippen molar-refractivity contribution in [3.8, 4) is 5.75 Å². The molecule has 1 aliphatic rings. The van der Waals surface area contributed by atoms with Gasteiger partial charge in [0.25, 0.3) is 0 Å². The zero-order valence-electron chi connectivity index (χ0n) is 12.3. The minimum Gasteiger partial charge on any atom is -0.497 e. The Kier molecular flexibility index (Phi) is 4.05. The predicted octanol–water partition coefficient (Wildman–Crippen LogP) is 4.39. The van der Waals surface area contributed by atoms with Crippen LogP contribution in [0.4, 0.5) is 0 Å². The molecule has 21 heavy (non-hydrogen) atoms. The molecule has 0 bridgehead atoms. The van der Waals surface area contributed by atoms with Crippen LogP contribution in [0.25, 0.3) is 0 Å². The maximum absolute atomic E-state index is 12.4. The molecule has 0 aromatic heterocycles. The Balaban J connectivity index is 1.81. The molecule has 1 atom stereocenters. The third-order valence-electron chi connectivity index (χ3n) is 4.32. The molecule has 2 aromatic rings. The summed E-state index contributed by atoms with van der Waals surface area (Å²) in [5.41, 5.74) is 3.48. The summed E-state index contributed by atoms with van der Waals surface area (Å²) >= 11 is 0. The van der Waals surface area contributed by atoms with Gasteiger partial charge in [-0.05, 0) is 48.4 Å². The van der Waals surface area contributed by atoms with Crippen LogP contribution in [-0.4, -0.2) is 12.9 Å². The quantitative estimate of drug-likeness (QED) is 0.776. The van der Waals surface area contributed by atoms with Crippen molar-refractivity contribution in [1.82, 2.24) is 0 Å². The van der Waals surface area contributed by atoms with E-state index < -0.39 is 0 Å². The van der Waals surface area contributed by atoms with Crippen LogP contribution in [0.2, 0.25) is 0 Å². The first-order valence-corrected chi connectivity index (χ1v) is 7.53. The number of hydrogen-bond acceptors (Lipinski definition) is 2. The van der Waals surface area contributed by atoms with Crippen molar-refractivity contribution in [3.05, 3.63) is 65.2 Å². The van der Waals surface area contributed by atoms with E-state index in [1.54, 1.807) is 7.11 Å². The molecular weight excluding hydrogens is 260 g/mol. The van der Waals surface area contributed by atoms with Gasteiger partial charge in [0.15, 0.2) is 5.78 Å². The van der Waals surface area contributed by atoms with Crippen LogP contribution in [-0.2, 0) is 6.42 Å². The number of carbonyl (C=O) groups excluding carboxylic acids is 1. The molecular formula is C19H20O2. The van der Waals surface area contributed by atoms with Gasteiger partial charge < -0.3 is 4.74 Å². The molecule has 2 heteroatoms. The van der Waals surface area contributed by atoms with Crippen LogP contribution >= 0.6 is 0 Å². The van der Waals surface area contributed by atoms with Crippen LogP contribution in [0.1, 0.15) is 46.7 Å². The second-order valence-electron chi connectivity index (χ2n) is 5.65. The second kappa shape index (κ2) is 6.13. The fourth-order valence-electron chi connectivity index (χ4n) is 3.20. The van der Waals surface area contributed by atoms with E-state index in [0.717, 1.165) is 30.6 Å². The molecule has 108 valence electrons. The molecule has 0 heterocycles. The average Bonchev–Trinajstić information content (AvgIpc) is 2.55. The zero-order chi connectivity index (χ0) is 14.7. The van der Waals surface area contributed by atoms with Crippen LogP contribution in [0.15, 0.2) is 48.5 Å². The molecule has 2 nitrogen and oxygen atoms in total. The summed E-state index contributed by atoms with van der Waals surface area (Å²) in [5.74, 6) is 1.49. The van der Waals surface area contributed by atoms with Gasteiger partial charge in [0.1, 0.15) is 5.75 Å². The molecule has 0 N–H and O–H groups in total. The number of rotatable bonds is 4. The third kappa shape index (κ3) is 2.99. The van der Waals surface area contributed by atoms with E-state index in [0.29, 0.717) is 12.3 Å². The highest BCUT2D eigenvalue weighted by Crippen LogP contribution is 2.36. The second-order valence-corrected chi connectivity index (χ2v) is 5.65.